The number of halogens is 3. The standard InChI is InChI=1S/C17H16F3NO3/c1-2-23-11-16(22)21-15-9-8-13(10-14(15)17(18,19)20)24-12-6-4-3-5-7-12/h3-10H,2,11H2,1H3,(H,21,22). The predicted molar refractivity (Wildman–Crippen MR) is 83.1 cm³/mol. The van der Waals surface area contributed by atoms with E-state index < -0.39 is 17.6 Å². The number of alkyl halides is 3. The average molecular weight is 339 g/mol. The molecule has 0 unspecified atom stereocenters. The van der Waals surface area contributed by atoms with Gasteiger partial charge in [0.25, 0.3) is 0 Å². The number of anilines is 1. The molecule has 0 aliphatic rings. The van der Waals surface area contributed by atoms with Crippen molar-refractivity contribution in [1.29, 1.82) is 0 Å². The van der Waals surface area contributed by atoms with Crippen molar-refractivity contribution in [2.24, 2.45) is 0 Å². The molecule has 0 fully saturated rings. The van der Waals surface area contributed by atoms with E-state index in [4.69, 9.17) is 9.47 Å². The number of benzene rings is 2. The topological polar surface area (TPSA) is 47.6 Å². The first-order chi connectivity index (χ1) is 11.4. The zero-order chi connectivity index (χ0) is 17.6. The summed E-state index contributed by atoms with van der Waals surface area (Å²) < 4.78 is 50.0. The maximum absolute atomic E-state index is 13.2. The number of ether oxygens (including phenoxy) is 2. The molecule has 0 saturated heterocycles. The van der Waals surface area contributed by atoms with Crippen LogP contribution in [0.2, 0.25) is 0 Å². The van der Waals surface area contributed by atoms with Crippen LogP contribution in [0.1, 0.15) is 12.5 Å². The summed E-state index contributed by atoms with van der Waals surface area (Å²) in [6.07, 6.45) is -4.63. The minimum absolute atomic E-state index is 0.0244. The van der Waals surface area contributed by atoms with Gasteiger partial charge >= 0.3 is 6.18 Å². The Morgan fingerprint density at radius 2 is 1.79 bits per heavy atom. The van der Waals surface area contributed by atoms with Crippen LogP contribution in [0.25, 0.3) is 0 Å². The first-order valence-electron chi connectivity index (χ1n) is 7.22. The lowest BCUT2D eigenvalue weighted by Crippen LogP contribution is -2.20. The Morgan fingerprint density at radius 3 is 2.42 bits per heavy atom. The van der Waals surface area contributed by atoms with Crippen molar-refractivity contribution in [2.75, 3.05) is 18.5 Å². The second-order valence-corrected chi connectivity index (χ2v) is 4.81. The van der Waals surface area contributed by atoms with Crippen LogP contribution in [0, 0.1) is 0 Å². The number of amides is 1. The van der Waals surface area contributed by atoms with Gasteiger partial charge in [-0.25, -0.2) is 0 Å². The summed E-state index contributed by atoms with van der Waals surface area (Å²) in [4.78, 5) is 11.6. The van der Waals surface area contributed by atoms with E-state index in [0.717, 1.165) is 12.1 Å². The lowest BCUT2D eigenvalue weighted by Gasteiger charge is -2.15. The second-order valence-electron chi connectivity index (χ2n) is 4.81. The number of hydrogen-bond donors (Lipinski definition) is 1. The number of hydrogen-bond acceptors (Lipinski definition) is 3. The third-order valence-electron chi connectivity index (χ3n) is 2.99. The summed E-state index contributed by atoms with van der Waals surface area (Å²) in [5.41, 5.74) is -1.33. The molecule has 0 bridgehead atoms. The fourth-order valence-corrected chi connectivity index (χ4v) is 1.94. The van der Waals surface area contributed by atoms with E-state index in [9.17, 15) is 18.0 Å². The molecule has 0 spiro atoms. The van der Waals surface area contributed by atoms with Gasteiger partial charge in [-0.2, -0.15) is 13.2 Å². The zero-order valence-corrected chi connectivity index (χ0v) is 12.9. The van der Waals surface area contributed by atoms with Crippen molar-refractivity contribution in [3.05, 3.63) is 54.1 Å². The van der Waals surface area contributed by atoms with Gasteiger partial charge in [0.1, 0.15) is 18.1 Å². The molecule has 0 radical (unpaired) electrons. The predicted octanol–water partition coefficient (Wildman–Crippen LogP) is 4.47. The van der Waals surface area contributed by atoms with Gasteiger partial charge in [0.2, 0.25) is 5.91 Å². The van der Waals surface area contributed by atoms with Crippen LogP contribution in [-0.2, 0) is 15.7 Å². The average Bonchev–Trinajstić information content (AvgIpc) is 2.54. The summed E-state index contributed by atoms with van der Waals surface area (Å²) in [5, 5.41) is 2.20. The van der Waals surface area contributed by atoms with E-state index in [-0.39, 0.29) is 18.0 Å². The van der Waals surface area contributed by atoms with E-state index in [0.29, 0.717) is 12.4 Å². The number of carbonyl (C=O) groups is 1. The van der Waals surface area contributed by atoms with Crippen molar-refractivity contribution in [1.82, 2.24) is 0 Å². The fraction of sp³-hybridized carbons (Fsp3) is 0.235. The Bertz CT molecular complexity index is 687. The first-order valence-corrected chi connectivity index (χ1v) is 7.22. The summed E-state index contributed by atoms with van der Waals surface area (Å²) >= 11 is 0. The molecule has 0 aromatic heterocycles. The van der Waals surface area contributed by atoms with Crippen molar-refractivity contribution in [2.45, 2.75) is 13.1 Å². The highest BCUT2D eigenvalue weighted by molar-refractivity contribution is 5.92. The highest BCUT2D eigenvalue weighted by Crippen LogP contribution is 2.38. The molecule has 0 aliphatic heterocycles. The Morgan fingerprint density at radius 1 is 1.08 bits per heavy atom. The molecule has 4 nitrogen and oxygen atoms in total. The molecule has 1 amide bonds. The van der Waals surface area contributed by atoms with E-state index in [1.807, 2.05) is 0 Å². The third kappa shape index (κ3) is 4.99. The van der Waals surface area contributed by atoms with Crippen LogP contribution in [-0.4, -0.2) is 19.1 Å². The Kier molecular flexibility index (Phi) is 5.81. The van der Waals surface area contributed by atoms with Gasteiger partial charge in [0.05, 0.1) is 11.3 Å². The SMILES string of the molecule is CCOCC(=O)Nc1ccc(Oc2ccccc2)cc1C(F)(F)F. The van der Waals surface area contributed by atoms with Gasteiger partial charge in [0.15, 0.2) is 0 Å². The maximum Gasteiger partial charge on any atom is 0.418 e. The van der Waals surface area contributed by atoms with Gasteiger partial charge in [-0.15, -0.1) is 0 Å². The monoisotopic (exact) mass is 339 g/mol. The minimum atomic E-state index is -4.63. The smallest absolute Gasteiger partial charge is 0.418 e. The molecular weight excluding hydrogens is 323 g/mol. The van der Waals surface area contributed by atoms with Gasteiger partial charge in [-0.1, -0.05) is 18.2 Å². The number of carbonyl (C=O) groups excluding carboxylic acids is 1. The van der Waals surface area contributed by atoms with Crippen molar-refractivity contribution in [3.8, 4) is 11.5 Å². The van der Waals surface area contributed by atoms with Crippen LogP contribution in [0.15, 0.2) is 48.5 Å². The number of para-hydroxylation sites is 1. The second kappa shape index (κ2) is 7.83. The molecule has 128 valence electrons. The maximum atomic E-state index is 13.2. The van der Waals surface area contributed by atoms with E-state index >= 15 is 0 Å². The summed E-state index contributed by atoms with van der Waals surface area (Å²) in [7, 11) is 0. The molecule has 0 aliphatic carbocycles. The van der Waals surface area contributed by atoms with Gasteiger partial charge in [-0.05, 0) is 37.3 Å². The lowest BCUT2D eigenvalue weighted by atomic mass is 10.1. The van der Waals surface area contributed by atoms with Crippen molar-refractivity contribution in [3.63, 3.8) is 0 Å². The quantitative estimate of drug-likeness (QED) is 0.844. The lowest BCUT2D eigenvalue weighted by molar-refractivity contribution is -0.137. The van der Waals surface area contributed by atoms with E-state index in [1.165, 1.54) is 6.07 Å². The van der Waals surface area contributed by atoms with Crippen LogP contribution in [0.3, 0.4) is 0 Å². The largest absolute Gasteiger partial charge is 0.457 e. The first kappa shape index (κ1) is 17.8. The highest BCUT2D eigenvalue weighted by Gasteiger charge is 2.34. The minimum Gasteiger partial charge on any atom is -0.457 e. The van der Waals surface area contributed by atoms with Crippen molar-refractivity contribution >= 4 is 11.6 Å². The Balaban J connectivity index is 2.24. The van der Waals surface area contributed by atoms with Crippen molar-refractivity contribution < 1.29 is 27.4 Å². The molecule has 2 aromatic carbocycles. The van der Waals surface area contributed by atoms with E-state index in [2.05, 4.69) is 5.32 Å². The molecule has 1 N–H and O–H groups in total. The molecule has 0 atom stereocenters. The molecule has 2 rings (SSSR count). The van der Waals surface area contributed by atoms with Gasteiger partial charge < -0.3 is 14.8 Å². The number of nitrogens with one attached hydrogen (secondary N) is 1. The molecule has 0 heterocycles. The normalized spacial score (nSPS) is 11.2. The molecular formula is C17H16F3NO3. The van der Waals surface area contributed by atoms with Crippen LogP contribution >= 0.6 is 0 Å². The Hall–Kier alpha value is -2.54. The van der Waals surface area contributed by atoms with Crippen LogP contribution in [0.4, 0.5) is 18.9 Å². The summed E-state index contributed by atoms with van der Waals surface area (Å²) in [6, 6.07) is 11.8. The molecule has 0 saturated carbocycles. The van der Waals surface area contributed by atoms with E-state index in [1.54, 1.807) is 37.3 Å². The third-order valence-corrected chi connectivity index (χ3v) is 2.99. The Labute approximate surface area is 137 Å². The highest BCUT2D eigenvalue weighted by atomic mass is 19.4. The van der Waals surface area contributed by atoms with Gasteiger partial charge in [0, 0.05) is 6.61 Å². The fourth-order valence-electron chi connectivity index (χ4n) is 1.94. The molecule has 2 aromatic rings. The van der Waals surface area contributed by atoms with Crippen LogP contribution in [0.5, 0.6) is 11.5 Å². The molecule has 24 heavy (non-hydrogen) atoms. The molecule has 7 heteroatoms. The van der Waals surface area contributed by atoms with Gasteiger partial charge in [-0.3, -0.25) is 4.79 Å². The summed E-state index contributed by atoms with van der Waals surface area (Å²) in [5.74, 6) is -0.214. The number of rotatable bonds is 6. The summed E-state index contributed by atoms with van der Waals surface area (Å²) in [6.45, 7) is 1.67. The van der Waals surface area contributed by atoms with Crippen LogP contribution < -0.4 is 10.1 Å². The zero-order valence-electron chi connectivity index (χ0n) is 12.9.